The second-order valence-corrected chi connectivity index (χ2v) is 7.83. The number of thioether (sulfide) groups is 1. The molecule has 124 valence electrons. The number of rotatable bonds is 3. The number of benzene rings is 1. The average Bonchev–Trinajstić information content (AvgIpc) is 3.15. The van der Waals surface area contributed by atoms with Gasteiger partial charge in [-0.25, -0.2) is 0 Å². The second-order valence-electron chi connectivity index (χ2n) is 6.00. The lowest BCUT2D eigenvalue weighted by Crippen LogP contribution is -2.35. The molecule has 0 unspecified atom stereocenters. The molecule has 2 aromatic rings. The number of nitrogens with zero attached hydrogens (tertiary/aromatic N) is 3. The molecule has 1 aromatic heterocycles. The average molecular weight is 378 g/mol. The zero-order valence-corrected chi connectivity index (χ0v) is 15.5. The molecule has 2 aliphatic rings. The molecule has 0 N–H and O–H groups in total. The summed E-state index contributed by atoms with van der Waals surface area (Å²) >= 11 is 14.5. The summed E-state index contributed by atoms with van der Waals surface area (Å²) in [6, 6.07) is 12.2. The number of aromatic nitrogens is 1. The zero-order chi connectivity index (χ0) is 16.7. The van der Waals surface area contributed by atoms with E-state index >= 15 is 0 Å². The summed E-state index contributed by atoms with van der Waals surface area (Å²) in [5.41, 5.74) is 2.04. The van der Waals surface area contributed by atoms with Crippen molar-refractivity contribution in [1.82, 2.24) is 9.88 Å². The Morgan fingerprint density at radius 2 is 2.12 bits per heavy atom. The molecule has 4 rings (SSSR count). The van der Waals surface area contributed by atoms with E-state index < -0.39 is 0 Å². The van der Waals surface area contributed by atoms with Crippen molar-refractivity contribution >= 4 is 40.1 Å². The Labute approximate surface area is 156 Å². The van der Waals surface area contributed by atoms with Crippen molar-refractivity contribution in [1.29, 1.82) is 0 Å². The minimum absolute atomic E-state index is 0.0401. The molecule has 1 aromatic carbocycles. The maximum atomic E-state index is 6.55. The fraction of sp³-hybridized carbons (Fsp3) is 0.333. The van der Waals surface area contributed by atoms with E-state index in [2.05, 4.69) is 16.8 Å². The Bertz CT molecular complexity index is 781. The third kappa shape index (κ3) is 2.71. The predicted octanol–water partition coefficient (Wildman–Crippen LogP) is 5.37. The molecule has 0 saturated carbocycles. The molecule has 3 heterocycles. The van der Waals surface area contributed by atoms with Crippen molar-refractivity contribution < 1.29 is 0 Å². The lowest BCUT2D eigenvalue weighted by Gasteiger charge is -2.32. The van der Waals surface area contributed by atoms with Gasteiger partial charge in [0.05, 0.1) is 11.7 Å². The van der Waals surface area contributed by atoms with E-state index in [1.54, 1.807) is 0 Å². The van der Waals surface area contributed by atoms with Crippen molar-refractivity contribution in [2.75, 3.05) is 5.75 Å². The number of hydrogen-bond donors (Lipinski definition) is 0. The van der Waals surface area contributed by atoms with Crippen molar-refractivity contribution in [2.24, 2.45) is 4.99 Å². The summed E-state index contributed by atoms with van der Waals surface area (Å²) in [5.74, 6) is 1.08. The Morgan fingerprint density at radius 3 is 2.83 bits per heavy atom. The van der Waals surface area contributed by atoms with Crippen molar-refractivity contribution in [2.45, 2.75) is 31.5 Å². The highest BCUT2D eigenvalue weighted by molar-refractivity contribution is 8.14. The molecule has 0 bridgehead atoms. The van der Waals surface area contributed by atoms with Gasteiger partial charge in [0, 0.05) is 28.0 Å². The minimum atomic E-state index is -0.0401. The van der Waals surface area contributed by atoms with Gasteiger partial charge in [-0.15, -0.1) is 0 Å². The van der Waals surface area contributed by atoms with Gasteiger partial charge < -0.3 is 4.90 Å². The topological polar surface area (TPSA) is 28.5 Å². The third-order valence-electron chi connectivity index (χ3n) is 4.61. The van der Waals surface area contributed by atoms with E-state index in [0.29, 0.717) is 16.1 Å². The number of amidine groups is 1. The van der Waals surface area contributed by atoms with Crippen LogP contribution in [0.3, 0.4) is 0 Å². The fourth-order valence-corrected chi connectivity index (χ4v) is 5.29. The molecule has 0 radical (unpaired) electrons. The normalized spacial score (nSPS) is 25.7. The van der Waals surface area contributed by atoms with Gasteiger partial charge in [-0.3, -0.25) is 9.98 Å². The summed E-state index contributed by atoms with van der Waals surface area (Å²) in [5, 5.41) is 2.45. The van der Waals surface area contributed by atoms with Gasteiger partial charge >= 0.3 is 0 Å². The highest BCUT2D eigenvalue weighted by atomic mass is 35.5. The molecule has 3 atom stereocenters. The summed E-state index contributed by atoms with van der Waals surface area (Å²) in [4.78, 5) is 12.0. The number of hydrogen-bond acceptors (Lipinski definition) is 4. The van der Waals surface area contributed by atoms with Crippen molar-refractivity contribution in [3.8, 4) is 0 Å². The van der Waals surface area contributed by atoms with Gasteiger partial charge in [-0.05, 0) is 36.2 Å². The molecule has 1 saturated heterocycles. The van der Waals surface area contributed by atoms with Crippen LogP contribution in [0.5, 0.6) is 0 Å². The molecular weight excluding hydrogens is 361 g/mol. The van der Waals surface area contributed by atoms with E-state index in [-0.39, 0.29) is 12.1 Å². The largest absolute Gasteiger partial charge is 0.338 e. The Balaban J connectivity index is 1.82. The second kappa shape index (κ2) is 6.58. The van der Waals surface area contributed by atoms with E-state index in [4.69, 9.17) is 28.2 Å². The fourth-order valence-electron chi connectivity index (χ4n) is 3.43. The van der Waals surface area contributed by atoms with Gasteiger partial charge in [-0.1, -0.05) is 54.0 Å². The van der Waals surface area contributed by atoms with Crippen LogP contribution in [0.25, 0.3) is 0 Å². The van der Waals surface area contributed by atoms with Crippen molar-refractivity contribution in [3.63, 3.8) is 0 Å². The first-order valence-corrected chi connectivity index (χ1v) is 9.78. The number of pyridine rings is 1. The van der Waals surface area contributed by atoms with Gasteiger partial charge in [-0.2, -0.15) is 0 Å². The van der Waals surface area contributed by atoms with Crippen LogP contribution in [-0.2, 0) is 0 Å². The molecule has 1 fully saturated rings. The lowest BCUT2D eigenvalue weighted by molar-refractivity contribution is 0.255. The van der Waals surface area contributed by atoms with Crippen LogP contribution in [-0.4, -0.2) is 26.8 Å². The van der Waals surface area contributed by atoms with Crippen LogP contribution in [0.1, 0.15) is 36.7 Å². The number of halogens is 2. The number of aliphatic imine (C=N–C) groups is 1. The minimum Gasteiger partial charge on any atom is -0.338 e. The third-order valence-corrected chi connectivity index (χ3v) is 6.30. The van der Waals surface area contributed by atoms with Crippen LogP contribution in [0.2, 0.25) is 10.0 Å². The zero-order valence-electron chi connectivity index (χ0n) is 13.2. The number of fused-ring (bicyclic) bond motifs is 1. The SMILES string of the molecule is CC[C@@H]1CSC2=N[C@@H](c3ccccn3)[C@H](c3ccc(Cl)cc3Cl)N21. The molecule has 0 spiro atoms. The Hall–Kier alpha value is -1.23. The van der Waals surface area contributed by atoms with E-state index in [1.807, 2.05) is 54.4 Å². The van der Waals surface area contributed by atoms with Crippen LogP contribution in [0, 0.1) is 0 Å². The van der Waals surface area contributed by atoms with Crippen molar-refractivity contribution in [3.05, 3.63) is 63.9 Å². The maximum absolute atomic E-state index is 6.55. The molecule has 2 aliphatic heterocycles. The molecule has 3 nitrogen and oxygen atoms in total. The lowest BCUT2D eigenvalue weighted by atomic mass is 9.95. The van der Waals surface area contributed by atoms with Gasteiger partial charge in [0.15, 0.2) is 5.17 Å². The first-order chi connectivity index (χ1) is 11.7. The van der Waals surface area contributed by atoms with Crippen LogP contribution < -0.4 is 0 Å². The first kappa shape index (κ1) is 16.2. The van der Waals surface area contributed by atoms with E-state index in [9.17, 15) is 0 Å². The van der Waals surface area contributed by atoms with Crippen LogP contribution >= 0.6 is 35.0 Å². The Morgan fingerprint density at radius 1 is 1.25 bits per heavy atom. The first-order valence-electron chi connectivity index (χ1n) is 8.04. The summed E-state index contributed by atoms with van der Waals surface area (Å²) < 4.78 is 0. The quantitative estimate of drug-likeness (QED) is 0.719. The Kier molecular flexibility index (Phi) is 4.46. The van der Waals surface area contributed by atoms with Gasteiger partial charge in [0.25, 0.3) is 0 Å². The summed E-state index contributed by atoms with van der Waals surface area (Å²) in [6.07, 6.45) is 2.91. The summed E-state index contributed by atoms with van der Waals surface area (Å²) in [7, 11) is 0. The molecule has 0 aliphatic carbocycles. The van der Waals surface area contributed by atoms with E-state index in [1.165, 1.54) is 0 Å². The smallest absolute Gasteiger partial charge is 0.160 e. The highest BCUT2D eigenvalue weighted by Gasteiger charge is 2.46. The van der Waals surface area contributed by atoms with Gasteiger partial charge in [0.2, 0.25) is 0 Å². The molecule has 24 heavy (non-hydrogen) atoms. The van der Waals surface area contributed by atoms with Crippen LogP contribution in [0.4, 0.5) is 0 Å². The maximum Gasteiger partial charge on any atom is 0.160 e. The predicted molar refractivity (Wildman–Crippen MR) is 102 cm³/mol. The molecular formula is C18H17Cl2N3S. The standard InChI is InChI=1S/C18H17Cl2N3S/c1-2-12-10-24-18-22-16(15-5-3-4-8-21-15)17(23(12)18)13-7-6-11(19)9-14(13)20/h3-9,12,16-17H,2,10H2,1H3/t12-,16+,17+/m1/s1. The van der Waals surface area contributed by atoms with Gasteiger partial charge in [0.1, 0.15) is 6.04 Å². The van der Waals surface area contributed by atoms with Crippen LogP contribution in [0.15, 0.2) is 47.6 Å². The highest BCUT2D eigenvalue weighted by Crippen LogP contribution is 2.50. The van der Waals surface area contributed by atoms with E-state index in [0.717, 1.165) is 28.6 Å². The summed E-state index contributed by atoms with van der Waals surface area (Å²) in [6.45, 7) is 2.22. The monoisotopic (exact) mass is 377 g/mol. The molecule has 6 heteroatoms. The molecule has 0 amide bonds.